The number of amides is 2. The number of aliphatic hydroxyl groups excluding tert-OH is 2. The second-order valence-electron chi connectivity index (χ2n) is 10.0. The van der Waals surface area contributed by atoms with E-state index in [0.29, 0.717) is 22.4 Å². The Morgan fingerprint density at radius 3 is 2.33 bits per heavy atom. The van der Waals surface area contributed by atoms with Gasteiger partial charge in [-0.2, -0.15) is 0 Å². The summed E-state index contributed by atoms with van der Waals surface area (Å²) in [6, 6.07) is 7.28. The van der Waals surface area contributed by atoms with Gasteiger partial charge in [-0.05, 0) is 54.2 Å². The zero-order chi connectivity index (χ0) is 28.6. The molecular weight excluding hydrogens is 510 g/mol. The fourth-order valence-electron chi connectivity index (χ4n) is 6.07. The molecule has 0 unspecified atom stereocenters. The van der Waals surface area contributed by atoms with Crippen LogP contribution in [0.3, 0.4) is 0 Å². The van der Waals surface area contributed by atoms with Crippen LogP contribution in [0, 0.1) is 5.92 Å². The number of Topliss-reactive ketones (excluding diaryl/α,β-unsaturated/α-hetero) is 2. The maximum Gasteiger partial charge on any atom is 0.255 e. The highest BCUT2D eigenvalue weighted by atomic mass is 16.5. The van der Waals surface area contributed by atoms with E-state index in [2.05, 4.69) is 0 Å². The maximum atomic E-state index is 13.8. The summed E-state index contributed by atoms with van der Waals surface area (Å²) in [6.07, 6.45) is -0.836. The summed E-state index contributed by atoms with van der Waals surface area (Å²) in [5.41, 5.74) is 12.1. The van der Waals surface area contributed by atoms with E-state index in [4.69, 9.17) is 21.9 Å². The van der Waals surface area contributed by atoms with Crippen LogP contribution in [0.1, 0.15) is 39.1 Å². The second-order valence-corrected chi connectivity index (χ2v) is 10.0. The highest BCUT2D eigenvalue weighted by Crippen LogP contribution is 2.53. The van der Waals surface area contributed by atoms with Gasteiger partial charge in [-0.3, -0.25) is 19.2 Å². The minimum atomic E-state index is -2.92. The molecule has 0 saturated heterocycles. The lowest BCUT2D eigenvalue weighted by Crippen LogP contribution is -2.71. The Bertz CT molecular complexity index is 1590. The molecule has 3 aliphatic rings. The van der Waals surface area contributed by atoms with Crippen LogP contribution in [-0.2, 0) is 16.0 Å². The summed E-state index contributed by atoms with van der Waals surface area (Å²) in [5.74, 6) is -7.05. The number of carbonyl (C=O) groups excluding carboxylic acids is 4. The monoisotopic (exact) mass is 535 g/mol. The van der Waals surface area contributed by atoms with Crippen molar-refractivity contribution in [2.75, 3.05) is 7.11 Å². The fraction of sp³-hybridized carbons (Fsp3) is 0.259. The molecule has 5 rings (SSSR count). The van der Waals surface area contributed by atoms with Crippen molar-refractivity contribution in [1.29, 1.82) is 0 Å². The number of primary amides is 2. The molecule has 0 bridgehead atoms. The molecule has 0 fully saturated rings. The SMILES string of the molecule is COc1ccc(C(N)=O)cc1-c1ccc(O)c2c1C[C@H]1C[C@@]3(N)CC(O)=C(C(N)=O)C(=O)[C@@]3(O)C(O)=C1C2=O. The number of methoxy groups -OCH3 is 1. The molecule has 0 spiro atoms. The molecule has 0 aromatic heterocycles. The number of nitrogens with two attached hydrogens (primary N) is 3. The molecule has 0 aliphatic heterocycles. The van der Waals surface area contributed by atoms with Gasteiger partial charge in [0.1, 0.15) is 28.6 Å². The number of allylic oxidation sites excluding steroid dienone is 1. The van der Waals surface area contributed by atoms with Crippen LogP contribution in [0.25, 0.3) is 11.1 Å². The van der Waals surface area contributed by atoms with Crippen molar-refractivity contribution in [2.24, 2.45) is 23.1 Å². The van der Waals surface area contributed by atoms with Gasteiger partial charge in [0, 0.05) is 23.1 Å². The average molecular weight is 536 g/mol. The molecule has 0 radical (unpaired) electrons. The number of ketones is 2. The van der Waals surface area contributed by atoms with Crippen LogP contribution < -0.4 is 21.9 Å². The molecule has 0 heterocycles. The van der Waals surface area contributed by atoms with Crippen molar-refractivity contribution in [3.8, 4) is 22.6 Å². The van der Waals surface area contributed by atoms with E-state index in [-0.39, 0.29) is 29.5 Å². The Hall–Kier alpha value is -4.68. The minimum Gasteiger partial charge on any atom is -0.511 e. The van der Waals surface area contributed by atoms with Gasteiger partial charge in [-0.1, -0.05) is 6.07 Å². The third-order valence-corrected chi connectivity index (χ3v) is 7.90. The van der Waals surface area contributed by atoms with E-state index >= 15 is 0 Å². The molecule has 2 aromatic carbocycles. The number of hydrogen-bond acceptors (Lipinski definition) is 10. The van der Waals surface area contributed by atoms with Crippen molar-refractivity contribution in [1.82, 2.24) is 0 Å². The van der Waals surface area contributed by atoms with E-state index in [1.54, 1.807) is 0 Å². The van der Waals surface area contributed by atoms with Gasteiger partial charge in [0.25, 0.3) is 5.91 Å². The van der Waals surface area contributed by atoms with Gasteiger partial charge < -0.3 is 42.4 Å². The number of phenolic OH excluding ortho intramolecular Hbond substituents is 1. The van der Waals surface area contributed by atoms with E-state index in [9.17, 15) is 39.6 Å². The summed E-state index contributed by atoms with van der Waals surface area (Å²) in [5, 5.41) is 43.8. The Morgan fingerprint density at radius 1 is 1.03 bits per heavy atom. The summed E-state index contributed by atoms with van der Waals surface area (Å²) in [4.78, 5) is 50.7. The number of benzene rings is 2. The zero-order valence-corrected chi connectivity index (χ0v) is 20.6. The lowest BCUT2D eigenvalue weighted by molar-refractivity contribution is -0.146. The highest BCUT2D eigenvalue weighted by Gasteiger charge is 2.66. The quantitative estimate of drug-likeness (QED) is 0.267. The van der Waals surface area contributed by atoms with Crippen LogP contribution in [0.15, 0.2) is 53.0 Å². The van der Waals surface area contributed by atoms with Crippen LogP contribution in [0.5, 0.6) is 11.5 Å². The van der Waals surface area contributed by atoms with E-state index in [1.165, 1.54) is 37.4 Å². The smallest absolute Gasteiger partial charge is 0.255 e. The maximum absolute atomic E-state index is 13.8. The Morgan fingerprint density at radius 2 is 1.72 bits per heavy atom. The molecular formula is C27H25N3O9. The second kappa shape index (κ2) is 8.41. The third-order valence-electron chi connectivity index (χ3n) is 7.90. The fourth-order valence-corrected chi connectivity index (χ4v) is 6.07. The van der Waals surface area contributed by atoms with Gasteiger partial charge in [0.05, 0.1) is 18.2 Å². The summed E-state index contributed by atoms with van der Waals surface area (Å²) in [7, 11) is 1.42. The van der Waals surface area contributed by atoms with Crippen molar-refractivity contribution < 1.29 is 44.3 Å². The van der Waals surface area contributed by atoms with Crippen molar-refractivity contribution in [3.05, 3.63) is 69.7 Å². The topological polar surface area (TPSA) is 236 Å². The summed E-state index contributed by atoms with van der Waals surface area (Å²) >= 11 is 0. The van der Waals surface area contributed by atoms with E-state index < -0.39 is 69.7 Å². The first kappa shape index (κ1) is 25.9. The average Bonchev–Trinajstić information content (AvgIpc) is 2.85. The minimum absolute atomic E-state index is 0.00449. The zero-order valence-electron chi connectivity index (χ0n) is 20.6. The first-order valence-electron chi connectivity index (χ1n) is 11.9. The first-order chi connectivity index (χ1) is 18.3. The van der Waals surface area contributed by atoms with Crippen LogP contribution >= 0.6 is 0 Å². The van der Waals surface area contributed by atoms with E-state index in [1.807, 2.05) is 0 Å². The molecule has 2 amide bonds. The van der Waals surface area contributed by atoms with E-state index in [0.717, 1.165) is 0 Å². The van der Waals surface area contributed by atoms with Crippen LogP contribution in [0.4, 0.5) is 0 Å². The number of rotatable bonds is 4. The standard InChI is InChI=1S/C27H25N3O9/c1-39-17-5-2-10(24(28)36)6-13(17)12-3-4-15(31)19-14(12)7-11-8-26(30)9-16(32)20(25(29)37)23(35)27(26,38)22(34)18(11)21(19)33/h2-6,11,31-32,34,38H,7-9,30H2,1H3,(H2,28,36)(H2,29,37)/t11-,26+,27-/m0/s1. The normalized spacial score (nSPS) is 26.1. The number of fused-ring (bicyclic) bond motifs is 3. The molecule has 202 valence electrons. The van der Waals surface area contributed by atoms with Gasteiger partial charge in [0.15, 0.2) is 5.78 Å². The number of phenols is 1. The molecule has 3 atom stereocenters. The molecule has 10 N–H and O–H groups in total. The molecule has 12 nitrogen and oxygen atoms in total. The predicted octanol–water partition coefficient (Wildman–Crippen LogP) is 0.436. The number of carbonyl (C=O) groups is 4. The third kappa shape index (κ3) is 3.38. The number of aromatic hydroxyl groups is 1. The molecule has 3 aliphatic carbocycles. The van der Waals surface area contributed by atoms with Gasteiger partial charge in [0.2, 0.25) is 17.3 Å². The molecule has 2 aromatic rings. The van der Waals surface area contributed by atoms with Gasteiger partial charge in [-0.25, -0.2) is 0 Å². The molecule has 0 saturated carbocycles. The lowest BCUT2D eigenvalue weighted by atomic mass is 9.56. The predicted molar refractivity (Wildman–Crippen MR) is 135 cm³/mol. The molecule has 39 heavy (non-hydrogen) atoms. The van der Waals surface area contributed by atoms with Crippen LogP contribution in [-0.4, -0.2) is 62.1 Å². The summed E-state index contributed by atoms with van der Waals surface area (Å²) < 4.78 is 5.45. The summed E-state index contributed by atoms with van der Waals surface area (Å²) in [6.45, 7) is 0. The Labute approximate surface area is 221 Å². The largest absolute Gasteiger partial charge is 0.511 e. The molecule has 12 heteroatoms. The first-order valence-corrected chi connectivity index (χ1v) is 11.9. The Balaban J connectivity index is 1.74. The number of hydrogen-bond donors (Lipinski definition) is 7. The van der Waals surface area contributed by atoms with Crippen molar-refractivity contribution in [2.45, 2.75) is 30.4 Å². The van der Waals surface area contributed by atoms with Gasteiger partial charge in [-0.15, -0.1) is 0 Å². The highest BCUT2D eigenvalue weighted by molar-refractivity contribution is 6.25. The number of aliphatic hydroxyl groups is 3. The Kier molecular flexibility index (Phi) is 5.60. The number of ether oxygens (including phenoxy) is 1. The van der Waals surface area contributed by atoms with Crippen molar-refractivity contribution in [3.63, 3.8) is 0 Å². The lowest BCUT2D eigenvalue weighted by Gasteiger charge is -2.51. The van der Waals surface area contributed by atoms with Gasteiger partial charge >= 0.3 is 0 Å². The van der Waals surface area contributed by atoms with Crippen molar-refractivity contribution >= 4 is 23.4 Å². The van der Waals surface area contributed by atoms with Crippen LogP contribution in [0.2, 0.25) is 0 Å².